The molecule has 1 aliphatic rings. The summed E-state index contributed by atoms with van der Waals surface area (Å²) in [5.74, 6) is -0.200. The third-order valence-corrected chi connectivity index (χ3v) is 2.52. The normalized spacial score (nSPS) is 20.5. The number of pyridine rings is 1. The molecule has 0 spiro atoms. The van der Waals surface area contributed by atoms with Gasteiger partial charge >= 0.3 is 0 Å². The number of aliphatic hydroxyl groups is 1. The Balaban J connectivity index is 1.92. The number of hydrogen-bond donors (Lipinski definition) is 1. The molecule has 0 saturated carbocycles. The van der Waals surface area contributed by atoms with Crippen molar-refractivity contribution < 1.29 is 14.7 Å². The number of carbonyl (C=O) groups excluding carboxylic acids is 1. The maximum Gasteiger partial charge on any atom is 0.248 e. The molecule has 0 aromatic carbocycles. The second-order valence-corrected chi connectivity index (χ2v) is 3.89. The van der Waals surface area contributed by atoms with Gasteiger partial charge in [-0.15, -0.1) is 0 Å². The van der Waals surface area contributed by atoms with E-state index < -0.39 is 6.23 Å². The number of hydroxylamine groups is 2. The summed E-state index contributed by atoms with van der Waals surface area (Å²) in [5.41, 5.74) is 0.788. The van der Waals surface area contributed by atoms with Gasteiger partial charge in [-0.3, -0.25) is 9.63 Å². The van der Waals surface area contributed by atoms with E-state index in [9.17, 15) is 9.90 Å². The molecule has 2 heterocycles. The van der Waals surface area contributed by atoms with Crippen LogP contribution in [0.15, 0.2) is 18.3 Å². The van der Waals surface area contributed by atoms with Gasteiger partial charge in [-0.2, -0.15) is 5.06 Å². The van der Waals surface area contributed by atoms with E-state index in [2.05, 4.69) is 4.98 Å². The van der Waals surface area contributed by atoms with Crippen molar-refractivity contribution in [3.63, 3.8) is 0 Å². The van der Waals surface area contributed by atoms with Crippen molar-refractivity contribution in [3.8, 4) is 0 Å². The molecule has 1 atom stereocenters. The number of amides is 1. The van der Waals surface area contributed by atoms with E-state index in [0.717, 1.165) is 10.6 Å². The summed E-state index contributed by atoms with van der Waals surface area (Å²) >= 11 is 5.63. The molecule has 0 bridgehead atoms. The quantitative estimate of drug-likeness (QED) is 0.807. The predicted molar refractivity (Wildman–Crippen MR) is 56.1 cm³/mol. The second-order valence-electron chi connectivity index (χ2n) is 3.50. The maximum atomic E-state index is 11.3. The Morgan fingerprint density at radius 2 is 2.44 bits per heavy atom. The van der Waals surface area contributed by atoms with Crippen molar-refractivity contribution in [2.75, 3.05) is 0 Å². The number of nitrogens with zero attached hydrogens (tertiary/aromatic N) is 2. The molecule has 1 saturated heterocycles. The molecule has 1 aromatic heterocycles. The molecule has 16 heavy (non-hydrogen) atoms. The van der Waals surface area contributed by atoms with E-state index in [1.54, 1.807) is 18.3 Å². The summed E-state index contributed by atoms with van der Waals surface area (Å²) in [7, 11) is 0. The fourth-order valence-corrected chi connectivity index (χ4v) is 1.55. The maximum absolute atomic E-state index is 11.3. The Hall–Kier alpha value is -1.17. The van der Waals surface area contributed by atoms with Gasteiger partial charge in [0.05, 0.1) is 0 Å². The van der Waals surface area contributed by atoms with Crippen molar-refractivity contribution in [1.29, 1.82) is 0 Å². The molecule has 6 heteroatoms. The third kappa shape index (κ3) is 2.49. The number of aromatic nitrogens is 1. The number of halogens is 1. The van der Waals surface area contributed by atoms with Crippen molar-refractivity contribution >= 4 is 17.5 Å². The average molecular weight is 243 g/mol. The lowest BCUT2D eigenvalue weighted by molar-refractivity contribution is -0.225. The zero-order valence-electron chi connectivity index (χ0n) is 8.47. The Bertz CT molecular complexity index is 382. The highest BCUT2D eigenvalue weighted by atomic mass is 35.5. The Labute approximate surface area is 97.6 Å². The van der Waals surface area contributed by atoms with Crippen molar-refractivity contribution in [2.24, 2.45) is 0 Å². The SMILES string of the molecule is O=C1CCC(O)N1OCc1ccc(Cl)nc1. The first-order valence-corrected chi connectivity index (χ1v) is 5.28. The van der Waals surface area contributed by atoms with Crippen LogP contribution >= 0.6 is 11.6 Å². The summed E-state index contributed by atoms with van der Waals surface area (Å²) in [5, 5.41) is 10.8. The summed E-state index contributed by atoms with van der Waals surface area (Å²) in [4.78, 5) is 20.4. The lowest BCUT2D eigenvalue weighted by Gasteiger charge is -2.19. The minimum Gasteiger partial charge on any atom is -0.371 e. The number of aliphatic hydroxyl groups excluding tert-OH is 1. The first kappa shape index (κ1) is 11.3. The van der Waals surface area contributed by atoms with E-state index in [1.165, 1.54) is 0 Å². The Morgan fingerprint density at radius 1 is 1.62 bits per heavy atom. The van der Waals surface area contributed by atoms with Crippen LogP contribution in [0.4, 0.5) is 0 Å². The molecule has 86 valence electrons. The van der Waals surface area contributed by atoms with Crippen LogP contribution in [0.2, 0.25) is 5.15 Å². The van der Waals surface area contributed by atoms with Gasteiger partial charge in [-0.05, 0) is 11.6 Å². The number of rotatable bonds is 3. The van der Waals surface area contributed by atoms with Gasteiger partial charge in [-0.25, -0.2) is 4.98 Å². The van der Waals surface area contributed by atoms with Crippen LogP contribution in [0.5, 0.6) is 0 Å². The summed E-state index contributed by atoms with van der Waals surface area (Å²) in [6.07, 6.45) is 1.46. The minimum atomic E-state index is -0.840. The van der Waals surface area contributed by atoms with Crippen LogP contribution in [-0.4, -0.2) is 27.3 Å². The lowest BCUT2D eigenvalue weighted by atomic mass is 10.3. The molecular weight excluding hydrogens is 232 g/mol. The van der Waals surface area contributed by atoms with Crippen molar-refractivity contribution in [2.45, 2.75) is 25.7 Å². The number of carbonyl (C=O) groups is 1. The van der Waals surface area contributed by atoms with Gasteiger partial charge in [-0.1, -0.05) is 17.7 Å². The highest BCUT2D eigenvalue weighted by Crippen LogP contribution is 2.18. The van der Waals surface area contributed by atoms with Crippen LogP contribution in [0, 0.1) is 0 Å². The average Bonchev–Trinajstić information content (AvgIpc) is 2.59. The Morgan fingerprint density at radius 3 is 3.00 bits per heavy atom. The molecule has 5 nitrogen and oxygen atoms in total. The van der Waals surface area contributed by atoms with Gasteiger partial charge in [0.25, 0.3) is 0 Å². The number of hydrogen-bond acceptors (Lipinski definition) is 4. The molecule has 1 aliphatic heterocycles. The predicted octanol–water partition coefficient (Wildman–Crippen LogP) is 1.11. The molecule has 1 amide bonds. The molecule has 1 N–H and O–H groups in total. The topological polar surface area (TPSA) is 62.7 Å². The fourth-order valence-electron chi connectivity index (χ4n) is 1.44. The van der Waals surface area contributed by atoms with Crippen LogP contribution in [0.1, 0.15) is 18.4 Å². The third-order valence-electron chi connectivity index (χ3n) is 2.29. The van der Waals surface area contributed by atoms with E-state index in [4.69, 9.17) is 16.4 Å². The zero-order valence-corrected chi connectivity index (χ0v) is 9.22. The monoisotopic (exact) mass is 242 g/mol. The smallest absolute Gasteiger partial charge is 0.248 e. The van der Waals surface area contributed by atoms with Gasteiger partial charge in [0.1, 0.15) is 11.8 Å². The molecule has 0 aliphatic carbocycles. The molecule has 1 fully saturated rings. The molecule has 1 aromatic rings. The summed E-state index contributed by atoms with van der Waals surface area (Å²) in [6, 6.07) is 3.39. The lowest BCUT2D eigenvalue weighted by Crippen LogP contribution is -2.32. The standard InChI is InChI=1S/C10H11ClN2O3/c11-8-2-1-7(5-12-8)6-16-13-9(14)3-4-10(13)15/h1-2,5,9,14H,3-4,6H2. The first-order valence-electron chi connectivity index (χ1n) is 4.90. The van der Waals surface area contributed by atoms with E-state index in [-0.39, 0.29) is 12.5 Å². The highest BCUT2D eigenvalue weighted by molar-refractivity contribution is 6.29. The van der Waals surface area contributed by atoms with Crippen molar-refractivity contribution in [3.05, 3.63) is 29.0 Å². The van der Waals surface area contributed by atoms with Crippen LogP contribution in [-0.2, 0) is 16.2 Å². The minimum absolute atomic E-state index is 0.187. The van der Waals surface area contributed by atoms with Gasteiger partial charge in [0.15, 0.2) is 6.23 Å². The largest absolute Gasteiger partial charge is 0.371 e. The molecule has 0 radical (unpaired) electrons. The molecular formula is C10H11ClN2O3. The van der Waals surface area contributed by atoms with Crippen LogP contribution < -0.4 is 0 Å². The van der Waals surface area contributed by atoms with E-state index >= 15 is 0 Å². The summed E-state index contributed by atoms with van der Waals surface area (Å²) < 4.78 is 0. The highest BCUT2D eigenvalue weighted by Gasteiger charge is 2.30. The van der Waals surface area contributed by atoms with Gasteiger partial charge < -0.3 is 5.11 Å². The van der Waals surface area contributed by atoms with Gasteiger partial charge in [0.2, 0.25) is 5.91 Å². The fraction of sp³-hybridized carbons (Fsp3) is 0.400. The van der Waals surface area contributed by atoms with E-state index in [0.29, 0.717) is 18.0 Å². The molecule has 1 unspecified atom stereocenters. The zero-order chi connectivity index (χ0) is 11.5. The Kier molecular flexibility index (Phi) is 3.38. The van der Waals surface area contributed by atoms with E-state index in [1.807, 2.05) is 0 Å². The molecule has 2 rings (SSSR count). The van der Waals surface area contributed by atoms with Gasteiger partial charge in [0, 0.05) is 19.0 Å². The van der Waals surface area contributed by atoms with Crippen LogP contribution in [0.25, 0.3) is 0 Å². The van der Waals surface area contributed by atoms with Crippen molar-refractivity contribution in [1.82, 2.24) is 10.0 Å². The van der Waals surface area contributed by atoms with Crippen LogP contribution in [0.3, 0.4) is 0 Å². The second kappa shape index (κ2) is 4.78. The first-order chi connectivity index (χ1) is 7.66. The summed E-state index contributed by atoms with van der Waals surface area (Å²) in [6.45, 7) is 0.187.